The minimum absolute atomic E-state index is 0.00478. The lowest BCUT2D eigenvalue weighted by molar-refractivity contribution is -0.134. The lowest BCUT2D eigenvalue weighted by atomic mass is 10.0. The Morgan fingerprint density at radius 2 is 1.70 bits per heavy atom. The Bertz CT molecular complexity index is 993. The number of hydrogen-bond acceptors (Lipinski definition) is 2. The molecule has 1 aliphatic rings. The Morgan fingerprint density at radius 1 is 0.967 bits per heavy atom. The van der Waals surface area contributed by atoms with Gasteiger partial charge in [-0.3, -0.25) is 4.79 Å². The van der Waals surface area contributed by atoms with Crippen molar-refractivity contribution in [2.75, 3.05) is 13.1 Å². The molecule has 0 radical (unpaired) electrons. The summed E-state index contributed by atoms with van der Waals surface area (Å²) >= 11 is 0. The van der Waals surface area contributed by atoms with Gasteiger partial charge in [0.2, 0.25) is 5.91 Å². The van der Waals surface area contributed by atoms with E-state index in [-0.39, 0.29) is 11.9 Å². The average Bonchev–Trinajstić information content (AvgIpc) is 3.21. The first-order valence-corrected chi connectivity index (χ1v) is 10.6. The molecule has 0 saturated carbocycles. The molecule has 6 heteroatoms. The molecule has 1 atom stereocenters. The first kappa shape index (κ1) is 20.0. The predicted octanol–water partition coefficient (Wildman–Crippen LogP) is 3.59. The molecule has 1 aromatic heterocycles. The molecule has 1 fully saturated rings. The summed E-state index contributed by atoms with van der Waals surface area (Å²) in [5, 5.41) is 6.89. The van der Waals surface area contributed by atoms with E-state index >= 15 is 0 Å². The highest BCUT2D eigenvalue weighted by molar-refractivity contribution is 5.89. The summed E-state index contributed by atoms with van der Waals surface area (Å²) in [5.74, 6) is -0.00478. The lowest BCUT2D eigenvalue weighted by Gasteiger charge is -2.30. The van der Waals surface area contributed by atoms with Crippen LogP contribution in [0.5, 0.6) is 0 Å². The molecule has 156 valence electrons. The number of amides is 3. The van der Waals surface area contributed by atoms with Crippen molar-refractivity contribution in [1.29, 1.82) is 0 Å². The van der Waals surface area contributed by atoms with Gasteiger partial charge in [0.25, 0.3) is 0 Å². The molecule has 0 aliphatic carbocycles. The molecule has 2 aromatic carbocycles. The molecule has 4 rings (SSSR count). The van der Waals surface area contributed by atoms with Crippen LogP contribution < -0.4 is 10.6 Å². The van der Waals surface area contributed by atoms with Gasteiger partial charge < -0.3 is 20.5 Å². The Balaban J connectivity index is 1.47. The molecule has 0 bridgehead atoms. The molecule has 6 nitrogen and oxygen atoms in total. The second kappa shape index (κ2) is 9.48. The third-order valence-electron chi connectivity index (χ3n) is 5.67. The van der Waals surface area contributed by atoms with Crippen molar-refractivity contribution < 1.29 is 9.59 Å². The maximum atomic E-state index is 13.2. The number of fused-ring (bicyclic) bond motifs is 1. The van der Waals surface area contributed by atoms with Crippen molar-refractivity contribution in [3.8, 4) is 0 Å². The number of para-hydroxylation sites is 1. The summed E-state index contributed by atoms with van der Waals surface area (Å²) in [4.78, 5) is 31.0. The quantitative estimate of drug-likeness (QED) is 0.587. The number of aromatic amines is 1. The maximum Gasteiger partial charge on any atom is 0.315 e. The number of likely N-dealkylation sites (tertiary alicyclic amines) is 1. The van der Waals surface area contributed by atoms with E-state index in [2.05, 4.69) is 15.6 Å². The van der Waals surface area contributed by atoms with E-state index in [9.17, 15) is 9.59 Å². The number of aromatic nitrogens is 1. The monoisotopic (exact) mass is 404 g/mol. The number of H-pyrrole nitrogens is 1. The average molecular weight is 405 g/mol. The topological polar surface area (TPSA) is 77.2 Å². The Kier molecular flexibility index (Phi) is 6.32. The van der Waals surface area contributed by atoms with Crippen LogP contribution in [0.4, 0.5) is 4.79 Å². The van der Waals surface area contributed by atoms with E-state index in [0.717, 1.165) is 54.4 Å². The minimum atomic E-state index is -0.599. The number of nitrogens with zero attached hydrogens (tertiary/aromatic N) is 1. The number of piperidine rings is 1. The molecule has 1 unspecified atom stereocenters. The Labute approximate surface area is 176 Å². The highest BCUT2D eigenvalue weighted by atomic mass is 16.2. The molecule has 3 aromatic rings. The van der Waals surface area contributed by atoms with Gasteiger partial charge in [-0.2, -0.15) is 0 Å². The molecule has 1 saturated heterocycles. The van der Waals surface area contributed by atoms with Gasteiger partial charge in [-0.1, -0.05) is 48.5 Å². The summed E-state index contributed by atoms with van der Waals surface area (Å²) in [6, 6.07) is 16.8. The van der Waals surface area contributed by atoms with E-state index in [1.807, 2.05) is 65.7 Å². The fraction of sp³-hybridized carbons (Fsp3) is 0.333. The Morgan fingerprint density at radius 3 is 2.50 bits per heavy atom. The van der Waals surface area contributed by atoms with Crippen molar-refractivity contribution in [3.05, 3.63) is 71.9 Å². The van der Waals surface area contributed by atoms with Gasteiger partial charge in [-0.05, 0) is 36.5 Å². The zero-order chi connectivity index (χ0) is 20.8. The number of rotatable bonds is 6. The number of benzene rings is 2. The van der Waals surface area contributed by atoms with Gasteiger partial charge in [0.05, 0.1) is 0 Å². The van der Waals surface area contributed by atoms with Gasteiger partial charge in [0, 0.05) is 43.2 Å². The van der Waals surface area contributed by atoms with Crippen molar-refractivity contribution >= 4 is 22.8 Å². The van der Waals surface area contributed by atoms with Gasteiger partial charge in [-0.15, -0.1) is 0 Å². The molecule has 30 heavy (non-hydrogen) atoms. The predicted molar refractivity (Wildman–Crippen MR) is 118 cm³/mol. The van der Waals surface area contributed by atoms with Crippen LogP contribution in [0.25, 0.3) is 10.9 Å². The van der Waals surface area contributed by atoms with Crippen LogP contribution in [0, 0.1) is 0 Å². The van der Waals surface area contributed by atoms with Crippen LogP contribution >= 0.6 is 0 Å². The second-order valence-electron chi connectivity index (χ2n) is 7.81. The van der Waals surface area contributed by atoms with Gasteiger partial charge in [0.1, 0.15) is 6.04 Å². The highest BCUT2D eigenvalue weighted by Crippen LogP contribution is 2.20. The van der Waals surface area contributed by atoms with Crippen LogP contribution in [0.1, 0.15) is 30.4 Å². The second-order valence-corrected chi connectivity index (χ2v) is 7.81. The number of urea groups is 1. The zero-order valence-corrected chi connectivity index (χ0v) is 17.1. The van der Waals surface area contributed by atoms with E-state index in [1.165, 1.54) is 0 Å². The maximum absolute atomic E-state index is 13.2. The fourth-order valence-electron chi connectivity index (χ4n) is 4.04. The minimum Gasteiger partial charge on any atom is -0.361 e. The molecular weight excluding hydrogens is 376 g/mol. The van der Waals surface area contributed by atoms with Crippen LogP contribution in [-0.2, 0) is 17.8 Å². The van der Waals surface area contributed by atoms with Crippen molar-refractivity contribution in [1.82, 2.24) is 20.5 Å². The van der Waals surface area contributed by atoms with Gasteiger partial charge >= 0.3 is 6.03 Å². The van der Waals surface area contributed by atoms with E-state index < -0.39 is 6.04 Å². The summed E-state index contributed by atoms with van der Waals surface area (Å²) < 4.78 is 0. The molecule has 2 heterocycles. The van der Waals surface area contributed by atoms with Crippen LogP contribution in [-0.4, -0.2) is 41.0 Å². The smallest absolute Gasteiger partial charge is 0.315 e. The van der Waals surface area contributed by atoms with Crippen molar-refractivity contribution in [3.63, 3.8) is 0 Å². The zero-order valence-electron chi connectivity index (χ0n) is 17.1. The van der Waals surface area contributed by atoms with Gasteiger partial charge in [-0.25, -0.2) is 4.79 Å². The fourth-order valence-corrected chi connectivity index (χ4v) is 4.04. The first-order valence-electron chi connectivity index (χ1n) is 10.6. The lowest BCUT2D eigenvalue weighted by Crippen LogP contribution is -2.53. The third-order valence-corrected chi connectivity index (χ3v) is 5.67. The number of carbonyl (C=O) groups excluding carboxylic acids is 2. The van der Waals surface area contributed by atoms with Crippen LogP contribution in [0.3, 0.4) is 0 Å². The largest absolute Gasteiger partial charge is 0.361 e. The SMILES string of the molecule is O=C(NCc1ccccc1)NC(Cc1c[nH]c2ccccc12)C(=O)N1CCCCC1. The van der Waals surface area contributed by atoms with E-state index in [1.54, 1.807) is 0 Å². The normalized spacial score (nSPS) is 15.0. The summed E-state index contributed by atoms with van der Waals surface area (Å²) in [6.07, 6.45) is 5.59. The highest BCUT2D eigenvalue weighted by Gasteiger charge is 2.28. The number of hydrogen-bond donors (Lipinski definition) is 3. The molecule has 3 amide bonds. The summed E-state index contributed by atoms with van der Waals surface area (Å²) in [5.41, 5.74) is 3.08. The molecule has 0 spiro atoms. The van der Waals surface area contributed by atoms with Crippen LogP contribution in [0.15, 0.2) is 60.8 Å². The van der Waals surface area contributed by atoms with E-state index in [0.29, 0.717) is 13.0 Å². The van der Waals surface area contributed by atoms with Crippen LogP contribution in [0.2, 0.25) is 0 Å². The number of carbonyl (C=O) groups is 2. The van der Waals surface area contributed by atoms with E-state index in [4.69, 9.17) is 0 Å². The summed E-state index contributed by atoms with van der Waals surface area (Å²) in [7, 11) is 0. The van der Waals surface area contributed by atoms with Gasteiger partial charge in [0.15, 0.2) is 0 Å². The third kappa shape index (κ3) is 4.82. The van der Waals surface area contributed by atoms with Crippen molar-refractivity contribution in [2.45, 2.75) is 38.3 Å². The molecule has 1 aliphatic heterocycles. The number of nitrogens with one attached hydrogen (secondary N) is 3. The Hall–Kier alpha value is -3.28. The molecule has 3 N–H and O–H groups in total. The molecular formula is C24H28N4O2. The van der Waals surface area contributed by atoms with Crippen molar-refractivity contribution in [2.24, 2.45) is 0 Å². The first-order chi connectivity index (χ1) is 14.7. The summed E-state index contributed by atoms with van der Waals surface area (Å²) in [6.45, 7) is 1.94. The standard InChI is InChI=1S/C24H28N4O2/c29-23(28-13-7-2-8-14-28)22(15-19-17-25-21-12-6-5-11-20(19)21)27-24(30)26-16-18-9-3-1-4-10-18/h1,3-6,9-12,17,22,25H,2,7-8,13-16H2,(H2,26,27,30).